The lowest BCUT2D eigenvalue weighted by Crippen LogP contribution is -2.22. The van der Waals surface area contributed by atoms with Gasteiger partial charge in [-0.3, -0.25) is 0 Å². The zero-order valence-corrected chi connectivity index (χ0v) is 27.8. The Morgan fingerprint density at radius 3 is 1.34 bits per heavy atom. The summed E-state index contributed by atoms with van der Waals surface area (Å²) < 4.78 is 24.8. The first-order chi connectivity index (χ1) is 21.3. The van der Waals surface area contributed by atoms with E-state index in [2.05, 4.69) is 119 Å². The molecule has 0 saturated carbocycles. The van der Waals surface area contributed by atoms with Gasteiger partial charge in [0.15, 0.2) is 11.6 Å². The molecule has 2 saturated heterocycles. The van der Waals surface area contributed by atoms with Crippen molar-refractivity contribution in [2.45, 2.75) is 123 Å². The van der Waals surface area contributed by atoms with Crippen LogP contribution in [0, 0.1) is 13.8 Å². The summed E-state index contributed by atoms with van der Waals surface area (Å²) in [5, 5.41) is 0. The first-order valence-electron chi connectivity index (χ1n) is 17.0. The Bertz CT molecular complexity index is 1230. The smallest absolute Gasteiger partial charge is 0.195 e. The van der Waals surface area contributed by atoms with Crippen LogP contribution in [0.1, 0.15) is 102 Å². The van der Waals surface area contributed by atoms with Crippen molar-refractivity contribution in [3.05, 3.63) is 89.5 Å². The summed E-state index contributed by atoms with van der Waals surface area (Å²) in [7, 11) is 0. The van der Waals surface area contributed by atoms with Crippen molar-refractivity contribution >= 4 is 17.1 Å². The van der Waals surface area contributed by atoms with Crippen LogP contribution in [-0.2, 0) is 18.9 Å². The standard InChI is InChI=1S/C39H53NO4/c1-7-9-25-38(31(5)43-38)41-27-23-34(24-28-42-39(26-10-8-2)32(6)44-39)33-15-21-37(22-16-33)40(35-17-11-29(3)12-18-35)36-19-13-30(4)14-20-36/h11-22,31-32,34H,7-10,23-28H2,1-6H3. The molecule has 2 fully saturated rings. The third-order valence-electron chi connectivity index (χ3n) is 9.47. The topological polar surface area (TPSA) is 46.8 Å². The summed E-state index contributed by atoms with van der Waals surface area (Å²) in [5.74, 6) is -0.457. The molecule has 2 aliphatic heterocycles. The first-order valence-corrected chi connectivity index (χ1v) is 17.0. The Balaban J connectivity index is 1.33. The average molecular weight is 600 g/mol. The van der Waals surface area contributed by atoms with Gasteiger partial charge in [0.2, 0.25) is 0 Å². The van der Waals surface area contributed by atoms with Crippen molar-refractivity contribution in [3.8, 4) is 0 Å². The van der Waals surface area contributed by atoms with E-state index in [1.165, 1.54) is 16.7 Å². The molecule has 0 aliphatic carbocycles. The Labute approximate surface area is 265 Å². The van der Waals surface area contributed by atoms with Gasteiger partial charge in [-0.25, -0.2) is 0 Å². The molecule has 0 bridgehead atoms. The van der Waals surface area contributed by atoms with Crippen LogP contribution in [0.3, 0.4) is 0 Å². The second-order valence-corrected chi connectivity index (χ2v) is 12.9. The third-order valence-corrected chi connectivity index (χ3v) is 9.47. The van der Waals surface area contributed by atoms with E-state index < -0.39 is 0 Å². The van der Waals surface area contributed by atoms with E-state index in [0.717, 1.165) is 68.4 Å². The number of rotatable bonds is 18. The minimum absolute atomic E-state index is 0.177. The second-order valence-electron chi connectivity index (χ2n) is 12.9. The Morgan fingerprint density at radius 2 is 1.00 bits per heavy atom. The first kappa shape index (κ1) is 32.7. The molecule has 4 unspecified atom stereocenters. The molecule has 5 nitrogen and oxygen atoms in total. The quantitative estimate of drug-likeness (QED) is 0.136. The molecule has 5 heteroatoms. The third kappa shape index (κ3) is 7.92. The fourth-order valence-electron chi connectivity index (χ4n) is 6.30. The number of nitrogens with zero attached hydrogens (tertiary/aromatic N) is 1. The SMILES string of the molecule is CCCCC1(OCCC(CCOC2(CCCC)OC2C)c2ccc(N(c3ccc(C)cc3)c3ccc(C)cc3)cc2)OC1C. The molecule has 0 spiro atoms. The van der Waals surface area contributed by atoms with E-state index >= 15 is 0 Å². The van der Waals surface area contributed by atoms with Crippen LogP contribution >= 0.6 is 0 Å². The Morgan fingerprint density at radius 1 is 0.636 bits per heavy atom. The van der Waals surface area contributed by atoms with E-state index in [9.17, 15) is 0 Å². The number of benzene rings is 3. The highest BCUT2D eigenvalue weighted by atomic mass is 16.8. The summed E-state index contributed by atoms with van der Waals surface area (Å²) in [6.45, 7) is 14.3. The number of aryl methyl sites for hydroxylation is 2. The van der Waals surface area contributed by atoms with Gasteiger partial charge in [0, 0.05) is 29.9 Å². The van der Waals surface area contributed by atoms with E-state index in [0.29, 0.717) is 19.1 Å². The maximum absolute atomic E-state index is 6.44. The molecule has 2 heterocycles. The molecule has 44 heavy (non-hydrogen) atoms. The van der Waals surface area contributed by atoms with Gasteiger partial charge in [-0.15, -0.1) is 0 Å². The molecular weight excluding hydrogens is 546 g/mol. The summed E-state index contributed by atoms with van der Waals surface area (Å²) in [4.78, 5) is 2.33. The number of anilines is 3. The number of hydrogen-bond donors (Lipinski definition) is 0. The highest BCUT2D eigenvalue weighted by Crippen LogP contribution is 2.44. The summed E-state index contributed by atoms with van der Waals surface area (Å²) in [6.07, 6.45) is 8.68. The lowest BCUT2D eigenvalue weighted by Gasteiger charge is -2.27. The lowest BCUT2D eigenvalue weighted by molar-refractivity contribution is -0.0606. The molecule has 0 amide bonds. The maximum Gasteiger partial charge on any atom is 0.195 e. The van der Waals surface area contributed by atoms with Crippen LogP contribution in [0.2, 0.25) is 0 Å². The van der Waals surface area contributed by atoms with Gasteiger partial charge in [-0.2, -0.15) is 0 Å². The van der Waals surface area contributed by atoms with E-state index in [1.54, 1.807) is 0 Å². The van der Waals surface area contributed by atoms with Crippen LogP contribution in [0.15, 0.2) is 72.8 Å². The summed E-state index contributed by atoms with van der Waals surface area (Å²) >= 11 is 0. The van der Waals surface area contributed by atoms with Crippen molar-refractivity contribution in [2.75, 3.05) is 18.1 Å². The van der Waals surface area contributed by atoms with Crippen LogP contribution in [0.4, 0.5) is 17.1 Å². The number of hydrogen-bond acceptors (Lipinski definition) is 5. The van der Waals surface area contributed by atoms with E-state index in [-0.39, 0.29) is 23.8 Å². The zero-order chi connectivity index (χ0) is 31.2. The van der Waals surface area contributed by atoms with Crippen LogP contribution in [-0.4, -0.2) is 37.0 Å². The minimum atomic E-state index is -0.384. The predicted octanol–water partition coefficient (Wildman–Crippen LogP) is 10.3. The van der Waals surface area contributed by atoms with Gasteiger partial charge in [0.05, 0.1) is 13.2 Å². The summed E-state index contributed by atoms with van der Waals surface area (Å²) in [6, 6.07) is 26.6. The van der Waals surface area contributed by atoms with Gasteiger partial charge < -0.3 is 23.8 Å². The average Bonchev–Trinajstić information content (AvgIpc) is 3.89. The number of unbranched alkanes of at least 4 members (excludes halogenated alkanes) is 2. The zero-order valence-electron chi connectivity index (χ0n) is 27.8. The lowest BCUT2D eigenvalue weighted by atomic mass is 9.92. The monoisotopic (exact) mass is 599 g/mol. The molecule has 5 rings (SSSR count). The minimum Gasteiger partial charge on any atom is -0.347 e. The van der Waals surface area contributed by atoms with Crippen molar-refractivity contribution in [3.63, 3.8) is 0 Å². The molecule has 3 aromatic rings. The Kier molecular flexibility index (Phi) is 10.8. The highest BCUT2D eigenvalue weighted by molar-refractivity contribution is 5.76. The second kappa shape index (κ2) is 14.6. The molecule has 3 aromatic carbocycles. The molecule has 0 N–H and O–H groups in total. The van der Waals surface area contributed by atoms with Gasteiger partial charge in [0.1, 0.15) is 12.2 Å². The number of epoxide rings is 2. The Hall–Kier alpha value is -2.70. The van der Waals surface area contributed by atoms with Gasteiger partial charge in [-0.05, 0) is 101 Å². The molecule has 4 atom stereocenters. The molecular formula is C39H53NO4. The van der Waals surface area contributed by atoms with Gasteiger partial charge in [-0.1, -0.05) is 74.2 Å². The maximum atomic E-state index is 6.44. The fourth-order valence-corrected chi connectivity index (χ4v) is 6.30. The van der Waals surface area contributed by atoms with Crippen LogP contribution in [0.25, 0.3) is 0 Å². The number of ether oxygens (including phenoxy) is 4. The van der Waals surface area contributed by atoms with Crippen molar-refractivity contribution in [1.29, 1.82) is 0 Å². The molecule has 0 radical (unpaired) electrons. The normalized spacial score (nSPS) is 24.7. The van der Waals surface area contributed by atoms with Crippen molar-refractivity contribution in [1.82, 2.24) is 0 Å². The van der Waals surface area contributed by atoms with Crippen LogP contribution < -0.4 is 4.90 Å². The largest absolute Gasteiger partial charge is 0.347 e. The molecule has 238 valence electrons. The molecule has 0 aromatic heterocycles. The van der Waals surface area contributed by atoms with E-state index in [4.69, 9.17) is 18.9 Å². The highest BCUT2D eigenvalue weighted by Gasteiger charge is 2.55. The van der Waals surface area contributed by atoms with Crippen molar-refractivity contribution < 1.29 is 18.9 Å². The van der Waals surface area contributed by atoms with E-state index in [1.807, 2.05) is 0 Å². The molecule has 2 aliphatic rings. The van der Waals surface area contributed by atoms with Gasteiger partial charge >= 0.3 is 0 Å². The summed E-state index contributed by atoms with van der Waals surface area (Å²) in [5.41, 5.74) is 7.27. The van der Waals surface area contributed by atoms with Gasteiger partial charge in [0.25, 0.3) is 0 Å². The fraction of sp³-hybridized carbons (Fsp3) is 0.538. The predicted molar refractivity (Wildman–Crippen MR) is 180 cm³/mol. The van der Waals surface area contributed by atoms with Crippen molar-refractivity contribution in [2.24, 2.45) is 0 Å². The van der Waals surface area contributed by atoms with Crippen LogP contribution in [0.5, 0.6) is 0 Å².